The number of hydrogen-bond acceptors (Lipinski definition) is 3. The quantitative estimate of drug-likeness (QED) is 0.830. The predicted octanol–water partition coefficient (Wildman–Crippen LogP) is 3.96. The average molecular weight is 280 g/mol. The van der Waals surface area contributed by atoms with Gasteiger partial charge in [-0.05, 0) is 33.6 Å². The van der Waals surface area contributed by atoms with Crippen molar-refractivity contribution < 1.29 is 9.13 Å². The molecule has 3 nitrogen and oxygen atoms in total. The fourth-order valence-electron chi connectivity index (χ4n) is 2.99. The van der Waals surface area contributed by atoms with Crippen molar-refractivity contribution in [1.29, 1.82) is 0 Å². The maximum atomic E-state index is 13.9. The molecule has 0 saturated heterocycles. The minimum absolute atomic E-state index is 0.0532. The molecule has 20 heavy (non-hydrogen) atoms. The lowest BCUT2D eigenvalue weighted by molar-refractivity contribution is 0.231. The van der Waals surface area contributed by atoms with Gasteiger partial charge in [0, 0.05) is 24.7 Å². The van der Waals surface area contributed by atoms with Crippen LogP contribution in [0.15, 0.2) is 12.1 Å². The first-order valence-electron chi connectivity index (χ1n) is 7.55. The van der Waals surface area contributed by atoms with Gasteiger partial charge in [-0.1, -0.05) is 12.8 Å². The highest BCUT2D eigenvalue weighted by atomic mass is 19.1. The van der Waals surface area contributed by atoms with E-state index in [2.05, 4.69) is 11.8 Å². The Morgan fingerprint density at radius 3 is 2.55 bits per heavy atom. The smallest absolute Gasteiger partial charge is 0.167 e. The van der Waals surface area contributed by atoms with Gasteiger partial charge in [0.05, 0.1) is 17.5 Å². The van der Waals surface area contributed by atoms with Crippen molar-refractivity contribution in [2.45, 2.75) is 58.6 Å². The summed E-state index contributed by atoms with van der Waals surface area (Å²) >= 11 is 0. The van der Waals surface area contributed by atoms with Crippen molar-refractivity contribution in [3.63, 3.8) is 0 Å². The normalized spacial score (nSPS) is 15.8. The van der Waals surface area contributed by atoms with Crippen LogP contribution in [-0.2, 0) is 0 Å². The molecule has 1 aromatic carbocycles. The first-order valence-corrected chi connectivity index (χ1v) is 7.55. The van der Waals surface area contributed by atoms with E-state index >= 15 is 0 Å². The summed E-state index contributed by atoms with van der Waals surface area (Å²) < 4.78 is 19.5. The van der Waals surface area contributed by atoms with Crippen LogP contribution in [-0.4, -0.2) is 18.7 Å². The zero-order valence-electron chi connectivity index (χ0n) is 12.7. The molecule has 2 N–H and O–H groups in total. The molecule has 2 rings (SSSR count). The van der Waals surface area contributed by atoms with Crippen LogP contribution in [0, 0.1) is 5.82 Å². The molecule has 0 unspecified atom stereocenters. The Hall–Kier alpha value is -1.45. The zero-order valence-corrected chi connectivity index (χ0v) is 12.7. The second-order valence-electron chi connectivity index (χ2n) is 5.73. The largest absolute Gasteiger partial charge is 0.488 e. The number of ether oxygens (including phenoxy) is 1. The monoisotopic (exact) mass is 280 g/mol. The summed E-state index contributed by atoms with van der Waals surface area (Å²) in [4.78, 5) is 2.29. The molecule has 1 fully saturated rings. The molecule has 1 aliphatic rings. The maximum absolute atomic E-state index is 13.9. The number of rotatable bonds is 5. The highest BCUT2D eigenvalue weighted by Crippen LogP contribution is 2.35. The van der Waals surface area contributed by atoms with Crippen LogP contribution in [0.4, 0.5) is 15.8 Å². The second kappa shape index (κ2) is 6.33. The highest BCUT2D eigenvalue weighted by Gasteiger charge is 2.24. The van der Waals surface area contributed by atoms with Gasteiger partial charge in [0.15, 0.2) is 11.6 Å². The van der Waals surface area contributed by atoms with E-state index < -0.39 is 0 Å². The Morgan fingerprint density at radius 1 is 1.35 bits per heavy atom. The van der Waals surface area contributed by atoms with Gasteiger partial charge < -0.3 is 15.4 Å². The zero-order chi connectivity index (χ0) is 14.7. The molecule has 0 aliphatic heterocycles. The molecule has 112 valence electrons. The summed E-state index contributed by atoms with van der Waals surface area (Å²) in [5.41, 5.74) is 7.42. The Balaban J connectivity index is 2.33. The summed E-state index contributed by atoms with van der Waals surface area (Å²) in [6, 6.07) is 3.65. The van der Waals surface area contributed by atoms with Gasteiger partial charge in [0.25, 0.3) is 0 Å². The van der Waals surface area contributed by atoms with Gasteiger partial charge in [0.2, 0.25) is 0 Å². The van der Waals surface area contributed by atoms with Crippen LogP contribution in [0.25, 0.3) is 0 Å². The lowest BCUT2D eigenvalue weighted by Gasteiger charge is -2.31. The van der Waals surface area contributed by atoms with Crippen molar-refractivity contribution in [2.75, 3.05) is 17.2 Å². The third kappa shape index (κ3) is 3.17. The number of nitrogens with zero attached hydrogens (tertiary/aromatic N) is 1. The number of benzene rings is 1. The fraction of sp³-hybridized carbons (Fsp3) is 0.625. The molecule has 0 atom stereocenters. The first-order chi connectivity index (χ1) is 9.52. The SMILES string of the molecule is CCN(c1cc(OC(C)C)c(F)cc1N)C1CCCC1. The van der Waals surface area contributed by atoms with Gasteiger partial charge in [-0.2, -0.15) is 0 Å². The van der Waals surface area contributed by atoms with Crippen molar-refractivity contribution >= 4 is 11.4 Å². The van der Waals surface area contributed by atoms with Gasteiger partial charge in [0.1, 0.15) is 0 Å². The van der Waals surface area contributed by atoms with E-state index in [4.69, 9.17) is 10.5 Å². The van der Waals surface area contributed by atoms with Crippen LogP contribution in [0.2, 0.25) is 0 Å². The molecule has 0 amide bonds. The predicted molar refractivity (Wildman–Crippen MR) is 81.9 cm³/mol. The summed E-state index contributed by atoms with van der Waals surface area (Å²) in [5.74, 6) is -0.0944. The minimum Gasteiger partial charge on any atom is -0.488 e. The molecular weight excluding hydrogens is 255 g/mol. The van der Waals surface area contributed by atoms with Crippen LogP contribution in [0.5, 0.6) is 5.75 Å². The fourth-order valence-corrected chi connectivity index (χ4v) is 2.99. The van der Waals surface area contributed by atoms with E-state index in [1.807, 2.05) is 13.8 Å². The van der Waals surface area contributed by atoms with Crippen molar-refractivity contribution in [3.8, 4) is 5.75 Å². The molecule has 0 radical (unpaired) electrons. The highest BCUT2D eigenvalue weighted by molar-refractivity contribution is 5.70. The molecule has 1 aliphatic carbocycles. The van der Waals surface area contributed by atoms with Crippen molar-refractivity contribution in [3.05, 3.63) is 17.9 Å². The summed E-state index contributed by atoms with van der Waals surface area (Å²) in [5, 5.41) is 0. The molecule has 0 spiro atoms. The molecule has 0 aromatic heterocycles. The van der Waals surface area contributed by atoms with Gasteiger partial charge in [-0.25, -0.2) is 4.39 Å². The first kappa shape index (κ1) is 14.9. The molecule has 4 heteroatoms. The summed E-state index contributed by atoms with van der Waals surface area (Å²) in [6.07, 6.45) is 4.84. The minimum atomic E-state index is -0.387. The van der Waals surface area contributed by atoms with Crippen molar-refractivity contribution in [2.24, 2.45) is 0 Å². The van der Waals surface area contributed by atoms with Gasteiger partial charge >= 0.3 is 0 Å². The average Bonchev–Trinajstić information content (AvgIpc) is 2.89. The molecular formula is C16H25FN2O. The Morgan fingerprint density at radius 2 is 2.00 bits per heavy atom. The lowest BCUT2D eigenvalue weighted by Crippen LogP contribution is -2.33. The standard InChI is InChI=1S/C16H25FN2O/c1-4-19(12-7-5-6-8-12)15-10-16(20-11(2)3)13(17)9-14(15)18/h9-12H,4-8,18H2,1-3H3. The molecule has 1 aromatic rings. The van der Waals surface area contributed by atoms with Crippen LogP contribution in [0.3, 0.4) is 0 Å². The van der Waals surface area contributed by atoms with E-state index in [-0.39, 0.29) is 11.9 Å². The Labute approximate surface area is 120 Å². The van der Waals surface area contributed by atoms with Gasteiger partial charge in [-0.15, -0.1) is 0 Å². The number of nitrogen functional groups attached to an aromatic ring is 1. The number of nitrogens with two attached hydrogens (primary N) is 1. The third-order valence-corrected chi connectivity index (χ3v) is 3.86. The number of hydrogen-bond donors (Lipinski definition) is 1. The third-order valence-electron chi connectivity index (χ3n) is 3.86. The van der Waals surface area contributed by atoms with E-state index in [0.29, 0.717) is 17.5 Å². The van der Waals surface area contributed by atoms with E-state index in [9.17, 15) is 4.39 Å². The summed E-state index contributed by atoms with van der Waals surface area (Å²) in [7, 11) is 0. The van der Waals surface area contributed by atoms with Gasteiger partial charge in [-0.3, -0.25) is 0 Å². The van der Waals surface area contributed by atoms with Crippen LogP contribution in [0.1, 0.15) is 46.5 Å². The molecule has 0 heterocycles. The lowest BCUT2D eigenvalue weighted by atomic mass is 10.1. The topological polar surface area (TPSA) is 38.5 Å². The second-order valence-corrected chi connectivity index (χ2v) is 5.73. The Bertz CT molecular complexity index is 456. The van der Waals surface area contributed by atoms with E-state index in [1.165, 1.54) is 31.7 Å². The van der Waals surface area contributed by atoms with E-state index in [0.717, 1.165) is 12.2 Å². The van der Waals surface area contributed by atoms with Crippen LogP contribution < -0.4 is 15.4 Å². The number of anilines is 2. The Kier molecular flexibility index (Phi) is 4.73. The summed E-state index contributed by atoms with van der Waals surface area (Å²) in [6.45, 7) is 6.78. The van der Waals surface area contributed by atoms with E-state index in [1.54, 1.807) is 6.07 Å². The van der Waals surface area contributed by atoms with Crippen LogP contribution >= 0.6 is 0 Å². The molecule has 1 saturated carbocycles. The number of halogens is 1. The van der Waals surface area contributed by atoms with Crippen molar-refractivity contribution in [1.82, 2.24) is 0 Å². The molecule has 0 bridgehead atoms. The maximum Gasteiger partial charge on any atom is 0.167 e.